The highest BCUT2D eigenvalue weighted by Gasteiger charge is 2.09. The summed E-state index contributed by atoms with van der Waals surface area (Å²) in [6, 6.07) is 21.6. The molecular weight excluding hydrogens is 292 g/mol. The van der Waals surface area contributed by atoms with Gasteiger partial charge in [0.15, 0.2) is 0 Å². The summed E-state index contributed by atoms with van der Waals surface area (Å²) in [5.74, 6) is 0.515. The van der Waals surface area contributed by atoms with Crippen LogP contribution in [0.25, 0.3) is 22.4 Å². The quantitative estimate of drug-likeness (QED) is 0.661. The number of rotatable bonds is 2. The van der Waals surface area contributed by atoms with Gasteiger partial charge < -0.3 is 5.73 Å². The summed E-state index contributed by atoms with van der Waals surface area (Å²) in [7, 11) is 0. The highest BCUT2D eigenvalue weighted by Crippen LogP contribution is 2.31. The van der Waals surface area contributed by atoms with E-state index in [2.05, 4.69) is 4.98 Å². The molecule has 0 bridgehead atoms. The van der Waals surface area contributed by atoms with Crippen molar-refractivity contribution in [2.45, 2.75) is 13.8 Å². The van der Waals surface area contributed by atoms with E-state index in [1.165, 1.54) is 0 Å². The van der Waals surface area contributed by atoms with Crippen LogP contribution in [-0.4, -0.2) is 4.98 Å². The van der Waals surface area contributed by atoms with Gasteiger partial charge in [0, 0.05) is 16.1 Å². The van der Waals surface area contributed by atoms with E-state index < -0.39 is 0 Å². The second kappa shape index (κ2) is 7.62. The van der Waals surface area contributed by atoms with Crippen molar-refractivity contribution in [3.8, 4) is 22.4 Å². The van der Waals surface area contributed by atoms with Crippen LogP contribution in [0.5, 0.6) is 0 Å². The van der Waals surface area contributed by atoms with Crippen LogP contribution in [0.3, 0.4) is 0 Å². The van der Waals surface area contributed by atoms with Crippen molar-refractivity contribution in [2.24, 2.45) is 0 Å². The van der Waals surface area contributed by atoms with Crippen molar-refractivity contribution in [1.29, 1.82) is 0 Å². The van der Waals surface area contributed by atoms with Crippen LogP contribution < -0.4 is 5.73 Å². The zero-order chi connectivity index (χ0) is 15.9. The molecule has 0 radical (unpaired) electrons. The molecule has 2 nitrogen and oxygen atoms in total. The Kier molecular flexibility index (Phi) is 5.56. The largest absolute Gasteiger partial charge is 0.384 e. The van der Waals surface area contributed by atoms with Gasteiger partial charge in [0.05, 0.1) is 5.69 Å². The zero-order valence-electron chi connectivity index (χ0n) is 12.8. The van der Waals surface area contributed by atoms with E-state index in [1.807, 2.05) is 80.6 Å². The second-order valence-electron chi connectivity index (χ2n) is 4.51. The summed E-state index contributed by atoms with van der Waals surface area (Å²) < 4.78 is 0. The average Bonchev–Trinajstić information content (AvgIpc) is 2.58. The van der Waals surface area contributed by atoms with E-state index in [-0.39, 0.29) is 0 Å². The smallest absolute Gasteiger partial charge is 0.124 e. The van der Waals surface area contributed by atoms with Gasteiger partial charge in [0.1, 0.15) is 5.82 Å². The molecule has 2 aromatic carbocycles. The molecule has 112 valence electrons. The third kappa shape index (κ3) is 3.66. The maximum Gasteiger partial charge on any atom is 0.124 e. The normalized spacial score (nSPS) is 9.77. The average molecular weight is 311 g/mol. The minimum absolute atomic E-state index is 0.515. The minimum atomic E-state index is 0.515. The molecule has 0 spiro atoms. The lowest BCUT2D eigenvalue weighted by atomic mass is 9.99. The zero-order valence-corrected chi connectivity index (χ0v) is 13.5. The Morgan fingerprint density at radius 3 is 2.05 bits per heavy atom. The number of hydrogen-bond donors (Lipinski definition) is 1. The fraction of sp³-hybridized carbons (Fsp3) is 0.105. The molecule has 0 amide bonds. The lowest BCUT2D eigenvalue weighted by Gasteiger charge is -2.10. The Morgan fingerprint density at radius 1 is 0.773 bits per heavy atom. The van der Waals surface area contributed by atoms with Crippen molar-refractivity contribution in [1.82, 2.24) is 4.98 Å². The molecule has 2 N–H and O–H groups in total. The molecule has 0 saturated carbocycles. The molecular formula is C19H19ClN2. The molecule has 0 aliphatic heterocycles. The topological polar surface area (TPSA) is 38.9 Å². The first-order chi connectivity index (χ1) is 10.7. The Morgan fingerprint density at radius 2 is 1.41 bits per heavy atom. The highest BCUT2D eigenvalue weighted by atomic mass is 35.5. The van der Waals surface area contributed by atoms with E-state index in [0.717, 1.165) is 27.4 Å². The van der Waals surface area contributed by atoms with Gasteiger partial charge in [0.25, 0.3) is 0 Å². The number of nitrogen functional groups attached to an aromatic ring is 1. The first kappa shape index (κ1) is 16.1. The van der Waals surface area contributed by atoms with Crippen molar-refractivity contribution < 1.29 is 0 Å². The molecule has 0 unspecified atom stereocenters. The van der Waals surface area contributed by atoms with Crippen LogP contribution in [-0.2, 0) is 0 Å². The summed E-state index contributed by atoms with van der Waals surface area (Å²) in [6.45, 7) is 4.00. The third-order valence-corrected chi connectivity index (χ3v) is 3.37. The van der Waals surface area contributed by atoms with Crippen LogP contribution in [0.1, 0.15) is 13.8 Å². The predicted octanol–water partition coefficient (Wildman–Crippen LogP) is 5.68. The van der Waals surface area contributed by atoms with Gasteiger partial charge in [-0.15, -0.1) is 0 Å². The molecule has 3 heteroatoms. The first-order valence-electron chi connectivity index (χ1n) is 7.32. The number of nitrogens with zero attached hydrogens (tertiary/aromatic N) is 1. The summed E-state index contributed by atoms with van der Waals surface area (Å²) in [5.41, 5.74) is 9.88. The molecule has 0 aliphatic rings. The molecule has 1 heterocycles. The van der Waals surface area contributed by atoms with Crippen LogP contribution in [0.4, 0.5) is 5.82 Å². The monoisotopic (exact) mass is 310 g/mol. The second-order valence-corrected chi connectivity index (χ2v) is 4.94. The van der Waals surface area contributed by atoms with E-state index in [9.17, 15) is 0 Å². The first-order valence-corrected chi connectivity index (χ1v) is 7.70. The Bertz CT molecular complexity index is 722. The summed E-state index contributed by atoms with van der Waals surface area (Å²) in [4.78, 5) is 4.49. The Labute approximate surface area is 136 Å². The van der Waals surface area contributed by atoms with Gasteiger partial charge in [-0.1, -0.05) is 67.9 Å². The van der Waals surface area contributed by atoms with Gasteiger partial charge in [-0.05, 0) is 29.8 Å². The maximum atomic E-state index is 5.95. The Hall–Kier alpha value is -2.32. The van der Waals surface area contributed by atoms with Crippen LogP contribution in [0.15, 0.2) is 66.7 Å². The van der Waals surface area contributed by atoms with E-state index in [4.69, 9.17) is 17.3 Å². The summed E-state index contributed by atoms with van der Waals surface area (Å²) in [5, 5.41) is 0.721. The number of aromatic nitrogens is 1. The van der Waals surface area contributed by atoms with Gasteiger partial charge in [0.2, 0.25) is 0 Å². The summed E-state index contributed by atoms with van der Waals surface area (Å²) >= 11 is 5.95. The van der Waals surface area contributed by atoms with Crippen molar-refractivity contribution in [2.75, 3.05) is 5.73 Å². The number of hydrogen-bond acceptors (Lipinski definition) is 2. The SMILES string of the molecule is CC.Nc1ccc(-c2ccc(Cl)cc2)c(-c2ccccc2)n1. The van der Waals surface area contributed by atoms with Gasteiger partial charge >= 0.3 is 0 Å². The standard InChI is InChI=1S/C17H13ClN2.C2H6/c18-14-8-6-12(7-9-14)15-10-11-16(19)20-17(15)13-4-2-1-3-5-13;1-2/h1-11H,(H2,19,20);1-2H3. The molecule has 0 aliphatic carbocycles. The highest BCUT2D eigenvalue weighted by molar-refractivity contribution is 6.30. The lowest BCUT2D eigenvalue weighted by Crippen LogP contribution is -1.95. The molecule has 0 saturated heterocycles. The predicted molar refractivity (Wildman–Crippen MR) is 95.9 cm³/mol. The van der Waals surface area contributed by atoms with E-state index >= 15 is 0 Å². The molecule has 1 aromatic heterocycles. The lowest BCUT2D eigenvalue weighted by molar-refractivity contribution is 1.33. The van der Waals surface area contributed by atoms with Crippen LogP contribution >= 0.6 is 11.6 Å². The fourth-order valence-electron chi connectivity index (χ4n) is 2.15. The van der Waals surface area contributed by atoms with E-state index in [1.54, 1.807) is 0 Å². The third-order valence-electron chi connectivity index (χ3n) is 3.12. The van der Waals surface area contributed by atoms with Crippen molar-refractivity contribution in [3.05, 3.63) is 71.8 Å². The summed E-state index contributed by atoms with van der Waals surface area (Å²) in [6.07, 6.45) is 0. The van der Waals surface area contributed by atoms with Crippen molar-refractivity contribution >= 4 is 17.4 Å². The Balaban J connectivity index is 0.000000847. The van der Waals surface area contributed by atoms with Gasteiger partial charge in [-0.25, -0.2) is 4.98 Å². The fourth-order valence-corrected chi connectivity index (χ4v) is 2.28. The van der Waals surface area contributed by atoms with E-state index in [0.29, 0.717) is 5.82 Å². The van der Waals surface area contributed by atoms with Gasteiger partial charge in [-0.3, -0.25) is 0 Å². The van der Waals surface area contributed by atoms with Crippen LogP contribution in [0.2, 0.25) is 5.02 Å². The number of nitrogens with two attached hydrogens (primary N) is 1. The minimum Gasteiger partial charge on any atom is -0.384 e. The number of benzene rings is 2. The molecule has 0 atom stereocenters. The van der Waals surface area contributed by atoms with Crippen molar-refractivity contribution in [3.63, 3.8) is 0 Å². The van der Waals surface area contributed by atoms with Gasteiger partial charge in [-0.2, -0.15) is 0 Å². The maximum absolute atomic E-state index is 5.95. The number of pyridine rings is 1. The number of anilines is 1. The molecule has 0 fully saturated rings. The number of halogens is 1. The molecule has 3 aromatic rings. The molecule has 22 heavy (non-hydrogen) atoms. The van der Waals surface area contributed by atoms with Crippen LogP contribution in [0, 0.1) is 0 Å². The molecule has 3 rings (SSSR count).